The third kappa shape index (κ3) is 6.17. The Labute approximate surface area is 222 Å². The van der Waals surface area contributed by atoms with Crippen LogP contribution in [-0.2, 0) is 11.4 Å². The first-order valence-electron chi connectivity index (χ1n) is 12.2. The summed E-state index contributed by atoms with van der Waals surface area (Å²) in [7, 11) is 0. The van der Waals surface area contributed by atoms with Gasteiger partial charge < -0.3 is 9.66 Å². The van der Waals surface area contributed by atoms with E-state index in [-0.39, 0.29) is 11.9 Å². The molecule has 0 aliphatic carbocycles. The zero-order chi connectivity index (χ0) is 27.7. The van der Waals surface area contributed by atoms with Crippen molar-refractivity contribution in [3.8, 4) is 17.1 Å². The van der Waals surface area contributed by atoms with E-state index < -0.39 is 34.1 Å². The second-order valence-electron chi connectivity index (χ2n) is 9.98. The molecule has 4 aromatic rings. The van der Waals surface area contributed by atoms with Gasteiger partial charge in [-0.25, -0.2) is 9.67 Å². The number of nitrogens with one attached hydrogen (secondary N) is 1. The number of halogens is 3. The van der Waals surface area contributed by atoms with Crippen LogP contribution in [0.5, 0.6) is 0 Å². The fourth-order valence-electron chi connectivity index (χ4n) is 3.91. The average molecular weight is 546 g/mol. The molecule has 3 aromatic heterocycles. The van der Waals surface area contributed by atoms with Gasteiger partial charge in [-0.15, -0.1) is 4.72 Å². The van der Waals surface area contributed by atoms with Crippen LogP contribution in [-0.4, -0.2) is 40.3 Å². The van der Waals surface area contributed by atoms with Gasteiger partial charge in [-0.2, -0.15) is 18.3 Å². The number of rotatable bonds is 8. The van der Waals surface area contributed by atoms with Gasteiger partial charge in [0.2, 0.25) is 0 Å². The van der Waals surface area contributed by atoms with Crippen LogP contribution in [0.3, 0.4) is 0 Å². The maximum Gasteiger partial charge on any atom is 0.420 e. The molecule has 38 heavy (non-hydrogen) atoms. The summed E-state index contributed by atoms with van der Waals surface area (Å²) in [5, 5.41) is 14.7. The molecule has 1 aromatic carbocycles. The Balaban J connectivity index is 1.70. The van der Waals surface area contributed by atoms with E-state index in [2.05, 4.69) is 21.7 Å². The molecule has 0 aliphatic rings. The fourth-order valence-corrected chi connectivity index (χ4v) is 4.76. The van der Waals surface area contributed by atoms with E-state index in [4.69, 9.17) is 4.98 Å². The molecule has 0 aliphatic heterocycles. The lowest BCUT2D eigenvalue weighted by atomic mass is 10.1. The molecule has 0 amide bonds. The highest BCUT2D eigenvalue weighted by Crippen LogP contribution is 2.32. The number of fused-ring (bicyclic) bond motifs is 1. The first-order chi connectivity index (χ1) is 17.9. The predicted molar refractivity (Wildman–Crippen MR) is 142 cm³/mol. The number of hydrogen-bond acceptors (Lipinski definition) is 6. The smallest absolute Gasteiger partial charge is 0.420 e. The summed E-state index contributed by atoms with van der Waals surface area (Å²) in [5.74, 6) is 0.150. The van der Waals surface area contributed by atoms with Crippen LogP contribution in [0, 0.1) is 0 Å². The Morgan fingerprint density at radius 2 is 1.74 bits per heavy atom. The van der Waals surface area contributed by atoms with Crippen molar-refractivity contribution in [3.05, 3.63) is 72.2 Å². The van der Waals surface area contributed by atoms with Gasteiger partial charge in [-0.1, -0.05) is 37.6 Å². The van der Waals surface area contributed by atoms with Gasteiger partial charge >= 0.3 is 6.18 Å². The SMILES string of the molecule is CCC[C@H](N[S+]([O-])C(C)(C)C)c1cccc(-c2ccc3cnn(-c4cccc([C@H](O)C(F)(F)F)n4)c3c2)n1. The van der Waals surface area contributed by atoms with Crippen LogP contribution in [0.2, 0.25) is 0 Å². The first-order valence-corrected chi connectivity index (χ1v) is 13.4. The zero-order valence-electron chi connectivity index (χ0n) is 21.5. The van der Waals surface area contributed by atoms with Gasteiger partial charge in [0.1, 0.15) is 4.75 Å². The number of nitrogens with zero attached hydrogens (tertiary/aromatic N) is 4. The number of alkyl halides is 3. The quantitative estimate of drug-likeness (QED) is 0.265. The van der Waals surface area contributed by atoms with Crippen molar-refractivity contribution in [1.82, 2.24) is 24.5 Å². The molecule has 2 N–H and O–H groups in total. The third-order valence-corrected chi connectivity index (χ3v) is 7.55. The molecule has 7 nitrogen and oxygen atoms in total. The van der Waals surface area contributed by atoms with Crippen LogP contribution in [0.1, 0.15) is 64.1 Å². The molecule has 3 heterocycles. The van der Waals surface area contributed by atoms with Crippen molar-refractivity contribution in [2.24, 2.45) is 0 Å². The molecule has 3 atom stereocenters. The highest BCUT2D eigenvalue weighted by molar-refractivity contribution is 7.90. The minimum Gasteiger partial charge on any atom is -0.598 e. The Kier molecular flexibility index (Phi) is 8.12. The molecule has 4 rings (SSSR count). The second kappa shape index (κ2) is 11.0. The van der Waals surface area contributed by atoms with E-state index >= 15 is 0 Å². The van der Waals surface area contributed by atoms with E-state index in [9.17, 15) is 22.8 Å². The molecule has 0 saturated carbocycles. The highest BCUT2D eigenvalue weighted by atomic mass is 32.2. The molecule has 0 bridgehead atoms. The molecular weight excluding hydrogens is 515 g/mol. The van der Waals surface area contributed by atoms with Crippen LogP contribution >= 0.6 is 0 Å². The van der Waals surface area contributed by atoms with Crippen molar-refractivity contribution >= 4 is 22.3 Å². The van der Waals surface area contributed by atoms with Crippen molar-refractivity contribution < 1.29 is 22.8 Å². The molecule has 0 radical (unpaired) electrons. The van der Waals surface area contributed by atoms with E-state index in [1.165, 1.54) is 16.8 Å². The van der Waals surface area contributed by atoms with Gasteiger partial charge in [0, 0.05) is 22.3 Å². The van der Waals surface area contributed by atoms with E-state index in [1.54, 1.807) is 6.20 Å². The van der Waals surface area contributed by atoms with Crippen LogP contribution in [0.15, 0.2) is 60.8 Å². The molecule has 0 spiro atoms. The minimum atomic E-state index is -4.83. The maximum atomic E-state index is 13.0. The first kappa shape index (κ1) is 28.0. The van der Waals surface area contributed by atoms with Gasteiger partial charge in [0.25, 0.3) is 0 Å². The average Bonchev–Trinajstić information content (AvgIpc) is 3.30. The predicted octanol–water partition coefficient (Wildman–Crippen LogP) is 5.97. The van der Waals surface area contributed by atoms with Crippen molar-refractivity contribution in [3.63, 3.8) is 0 Å². The van der Waals surface area contributed by atoms with Crippen molar-refractivity contribution in [2.45, 2.75) is 63.6 Å². The number of benzene rings is 1. The summed E-state index contributed by atoms with van der Waals surface area (Å²) >= 11 is -1.27. The monoisotopic (exact) mass is 545 g/mol. The third-order valence-electron chi connectivity index (χ3n) is 5.94. The molecule has 11 heteroatoms. The maximum absolute atomic E-state index is 13.0. The number of aliphatic hydroxyl groups is 1. The summed E-state index contributed by atoms with van der Waals surface area (Å²) in [6.07, 6.45) is -4.28. The van der Waals surface area contributed by atoms with Crippen LogP contribution < -0.4 is 4.72 Å². The van der Waals surface area contributed by atoms with Gasteiger partial charge in [-0.05, 0) is 57.5 Å². The summed E-state index contributed by atoms with van der Waals surface area (Å²) in [5.41, 5.74) is 2.35. The standard InChI is InChI=1S/C27H30F3N5O2S/c1-5-8-21(34-38(37)26(2,3)4)20-10-6-9-19(32-20)17-13-14-18-16-31-35(23(18)15-17)24-12-7-11-22(33-24)25(36)27(28,29)30/h6-7,9-16,21,25,34,36H,5,8H2,1-4H3/t21-,25-,38?/m0/s1. The van der Waals surface area contributed by atoms with E-state index in [1.807, 2.05) is 57.2 Å². The Bertz CT molecular complexity index is 1400. The number of aliphatic hydroxyl groups excluding tert-OH is 1. The molecule has 0 fully saturated rings. The van der Waals surface area contributed by atoms with Crippen LogP contribution in [0.4, 0.5) is 13.2 Å². The number of aromatic nitrogens is 4. The summed E-state index contributed by atoms with van der Waals surface area (Å²) in [6, 6.07) is 15.1. The number of pyridine rings is 2. The van der Waals surface area contributed by atoms with Gasteiger partial charge in [0.05, 0.1) is 34.8 Å². The van der Waals surface area contributed by atoms with E-state index in [0.29, 0.717) is 11.2 Å². The summed E-state index contributed by atoms with van der Waals surface area (Å²) in [6.45, 7) is 7.80. The molecule has 202 valence electrons. The molecule has 0 saturated heterocycles. The molecular formula is C27H30F3N5O2S. The Morgan fingerprint density at radius 3 is 2.42 bits per heavy atom. The lowest BCUT2D eigenvalue weighted by molar-refractivity contribution is -0.207. The van der Waals surface area contributed by atoms with Crippen LogP contribution in [0.25, 0.3) is 28.0 Å². The lowest BCUT2D eigenvalue weighted by Crippen LogP contribution is -2.41. The number of hydrogen-bond donors (Lipinski definition) is 2. The topological polar surface area (TPSA) is 98.9 Å². The highest BCUT2D eigenvalue weighted by Gasteiger charge is 2.40. The molecule has 1 unspecified atom stereocenters. The minimum absolute atomic E-state index is 0.150. The lowest BCUT2D eigenvalue weighted by Gasteiger charge is -2.27. The largest absolute Gasteiger partial charge is 0.598 e. The fraction of sp³-hybridized carbons (Fsp3) is 0.370. The van der Waals surface area contributed by atoms with Crippen molar-refractivity contribution in [1.29, 1.82) is 0 Å². The summed E-state index contributed by atoms with van der Waals surface area (Å²) < 4.78 is 56.1. The zero-order valence-corrected chi connectivity index (χ0v) is 22.3. The Hall–Kier alpha value is -2.99. The second-order valence-corrected chi connectivity index (χ2v) is 12.0. The van der Waals surface area contributed by atoms with Gasteiger partial charge in [0.15, 0.2) is 11.9 Å². The van der Waals surface area contributed by atoms with E-state index in [0.717, 1.165) is 35.6 Å². The summed E-state index contributed by atoms with van der Waals surface area (Å²) in [4.78, 5) is 8.87. The Morgan fingerprint density at radius 1 is 1.03 bits per heavy atom. The normalized spacial score (nSPS) is 15.0. The van der Waals surface area contributed by atoms with Gasteiger partial charge in [-0.3, -0.25) is 4.98 Å². The van der Waals surface area contributed by atoms with Crippen molar-refractivity contribution in [2.75, 3.05) is 0 Å².